The van der Waals surface area contributed by atoms with Crippen molar-refractivity contribution in [3.63, 3.8) is 0 Å². The van der Waals surface area contributed by atoms with Crippen LogP contribution in [-0.4, -0.2) is 29.7 Å². The molecule has 3 rings (SSSR count). The molecule has 2 amide bonds. The van der Waals surface area contributed by atoms with Gasteiger partial charge in [-0.2, -0.15) is 0 Å². The molecule has 2 N–H and O–H groups in total. The van der Waals surface area contributed by atoms with Crippen LogP contribution in [-0.2, 0) is 16.0 Å². The molecule has 26 heavy (non-hydrogen) atoms. The maximum absolute atomic E-state index is 12.5. The summed E-state index contributed by atoms with van der Waals surface area (Å²) in [6.07, 6.45) is 2.54. The average Bonchev–Trinajstić information content (AvgIpc) is 3.45. The summed E-state index contributed by atoms with van der Waals surface area (Å²) in [5, 5.41) is 5.89. The maximum Gasteiger partial charge on any atom is 0.243 e. The van der Waals surface area contributed by atoms with Crippen molar-refractivity contribution in [1.29, 1.82) is 0 Å². The zero-order valence-corrected chi connectivity index (χ0v) is 16.7. The average molecular weight is 433 g/mol. The third-order valence-corrected chi connectivity index (χ3v) is 5.58. The third kappa shape index (κ3) is 6.18. The van der Waals surface area contributed by atoms with Crippen LogP contribution in [0.4, 0.5) is 0 Å². The minimum absolute atomic E-state index is 0.0988. The Bertz CT molecular complexity index is 748. The minimum atomic E-state index is -0.545. The minimum Gasteiger partial charge on any atom is -0.352 e. The first-order chi connectivity index (χ1) is 12.6. The molecule has 1 atom stereocenters. The molecule has 0 spiro atoms. The summed E-state index contributed by atoms with van der Waals surface area (Å²) in [5.74, 6) is 0.0482. The van der Waals surface area contributed by atoms with Crippen LogP contribution >= 0.6 is 27.7 Å². The molecular weight excluding hydrogens is 412 g/mol. The molecule has 1 aliphatic rings. The van der Waals surface area contributed by atoms with E-state index in [9.17, 15) is 9.59 Å². The number of hydrogen-bond acceptors (Lipinski definition) is 3. The quantitative estimate of drug-likeness (QED) is 0.627. The molecule has 6 heteroatoms. The fourth-order valence-corrected chi connectivity index (χ4v) is 3.48. The number of nitrogens with one attached hydrogen (secondary N) is 2. The number of carbonyl (C=O) groups excluding carboxylic acids is 2. The highest BCUT2D eigenvalue weighted by molar-refractivity contribution is 9.10. The smallest absolute Gasteiger partial charge is 0.243 e. The Morgan fingerprint density at radius 2 is 1.77 bits per heavy atom. The van der Waals surface area contributed by atoms with E-state index in [0.717, 1.165) is 27.8 Å². The predicted molar refractivity (Wildman–Crippen MR) is 108 cm³/mol. The first-order valence-corrected chi connectivity index (χ1v) is 10.4. The molecule has 2 aromatic rings. The second-order valence-corrected chi connectivity index (χ2v) is 8.30. The number of hydrogen-bond donors (Lipinski definition) is 2. The van der Waals surface area contributed by atoms with Crippen molar-refractivity contribution >= 4 is 39.5 Å². The van der Waals surface area contributed by atoms with E-state index in [4.69, 9.17) is 0 Å². The van der Waals surface area contributed by atoms with Gasteiger partial charge in [0, 0.05) is 21.8 Å². The van der Waals surface area contributed by atoms with Gasteiger partial charge in [-0.25, -0.2) is 0 Å². The number of carbonyl (C=O) groups is 2. The van der Waals surface area contributed by atoms with Gasteiger partial charge in [0.15, 0.2) is 0 Å². The van der Waals surface area contributed by atoms with Gasteiger partial charge in [0.1, 0.15) is 6.04 Å². The molecule has 136 valence electrons. The normalized spacial score (nSPS) is 14.5. The Labute approximate surface area is 166 Å². The van der Waals surface area contributed by atoms with Crippen molar-refractivity contribution < 1.29 is 9.59 Å². The number of amides is 2. The van der Waals surface area contributed by atoms with E-state index in [1.54, 1.807) is 0 Å². The molecule has 0 aliphatic heterocycles. The van der Waals surface area contributed by atoms with Gasteiger partial charge < -0.3 is 10.6 Å². The Morgan fingerprint density at radius 1 is 1.08 bits per heavy atom. The lowest BCUT2D eigenvalue weighted by Crippen LogP contribution is -2.49. The van der Waals surface area contributed by atoms with E-state index < -0.39 is 6.04 Å². The van der Waals surface area contributed by atoms with Crippen LogP contribution in [0.25, 0.3) is 0 Å². The van der Waals surface area contributed by atoms with Gasteiger partial charge in [0.05, 0.1) is 5.75 Å². The Morgan fingerprint density at radius 3 is 2.42 bits per heavy atom. The highest BCUT2D eigenvalue weighted by Gasteiger charge is 2.28. The van der Waals surface area contributed by atoms with Gasteiger partial charge in [0.25, 0.3) is 0 Å². The van der Waals surface area contributed by atoms with E-state index >= 15 is 0 Å². The van der Waals surface area contributed by atoms with Crippen molar-refractivity contribution in [2.24, 2.45) is 0 Å². The molecule has 0 radical (unpaired) electrons. The van der Waals surface area contributed by atoms with Gasteiger partial charge in [-0.3, -0.25) is 9.59 Å². The molecule has 0 bridgehead atoms. The van der Waals surface area contributed by atoms with Gasteiger partial charge in [0.2, 0.25) is 11.8 Å². The van der Waals surface area contributed by atoms with E-state index in [1.165, 1.54) is 11.8 Å². The fraction of sp³-hybridized carbons (Fsp3) is 0.300. The monoisotopic (exact) mass is 432 g/mol. The van der Waals surface area contributed by atoms with Crippen molar-refractivity contribution in [2.75, 3.05) is 5.75 Å². The molecule has 1 aliphatic carbocycles. The molecule has 1 unspecified atom stereocenters. The summed E-state index contributed by atoms with van der Waals surface area (Å²) >= 11 is 4.86. The second kappa shape index (κ2) is 9.24. The molecule has 0 heterocycles. The van der Waals surface area contributed by atoms with Crippen molar-refractivity contribution in [2.45, 2.75) is 36.2 Å². The van der Waals surface area contributed by atoms with Gasteiger partial charge >= 0.3 is 0 Å². The summed E-state index contributed by atoms with van der Waals surface area (Å²) < 4.78 is 1.01. The molecule has 4 nitrogen and oxygen atoms in total. The highest BCUT2D eigenvalue weighted by Crippen LogP contribution is 2.21. The largest absolute Gasteiger partial charge is 0.352 e. The zero-order chi connectivity index (χ0) is 18.4. The maximum atomic E-state index is 12.5. The molecule has 1 fully saturated rings. The number of halogens is 1. The Hall–Kier alpha value is -1.79. The van der Waals surface area contributed by atoms with Crippen LogP contribution < -0.4 is 10.6 Å². The zero-order valence-electron chi connectivity index (χ0n) is 14.3. The van der Waals surface area contributed by atoms with Gasteiger partial charge in [-0.05, 0) is 42.7 Å². The standard InChI is InChI=1S/C20H21BrN2O2S/c21-15-6-10-17(11-7-15)26-13-19(24)23-18(20(25)22-16-8-9-16)12-14-4-2-1-3-5-14/h1-7,10-11,16,18H,8-9,12-13H2,(H,22,25)(H,23,24). The lowest BCUT2D eigenvalue weighted by molar-refractivity contribution is -0.128. The van der Waals surface area contributed by atoms with E-state index in [0.29, 0.717) is 6.42 Å². The van der Waals surface area contributed by atoms with Crippen LogP contribution in [0.15, 0.2) is 64.0 Å². The Kier molecular flexibility index (Phi) is 6.74. The topological polar surface area (TPSA) is 58.2 Å². The number of benzene rings is 2. The van der Waals surface area contributed by atoms with Crippen LogP contribution in [0.1, 0.15) is 18.4 Å². The second-order valence-electron chi connectivity index (χ2n) is 6.34. The fourth-order valence-electron chi connectivity index (χ4n) is 2.50. The summed E-state index contributed by atoms with van der Waals surface area (Å²) in [5.41, 5.74) is 1.03. The van der Waals surface area contributed by atoms with E-state index in [-0.39, 0.29) is 23.6 Å². The predicted octanol–water partition coefficient (Wildman–Crippen LogP) is 3.55. The molecule has 0 saturated heterocycles. The lowest BCUT2D eigenvalue weighted by atomic mass is 10.1. The first-order valence-electron chi connectivity index (χ1n) is 8.62. The summed E-state index contributed by atoms with van der Waals surface area (Å²) in [6.45, 7) is 0. The molecular formula is C20H21BrN2O2S. The van der Waals surface area contributed by atoms with Crippen molar-refractivity contribution in [3.05, 3.63) is 64.6 Å². The highest BCUT2D eigenvalue weighted by atomic mass is 79.9. The number of rotatable bonds is 8. The van der Waals surface area contributed by atoms with E-state index in [2.05, 4.69) is 26.6 Å². The molecule has 0 aromatic heterocycles. The SMILES string of the molecule is O=C(CSc1ccc(Br)cc1)NC(Cc1ccccc1)C(=O)NC1CC1. The van der Waals surface area contributed by atoms with Crippen LogP contribution in [0.3, 0.4) is 0 Å². The van der Waals surface area contributed by atoms with E-state index in [1.807, 2.05) is 54.6 Å². The number of thioether (sulfide) groups is 1. The summed E-state index contributed by atoms with van der Waals surface area (Å²) in [6, 6.07) is 17.3. The van der Waals surface area contributed by atoms with Crippen LogP contribution in [0.5, 0.6) is 0 Å². The third-order valence-electron chi connectivity index (χ3n) is 4.04. The Balaban J connectivity index is 1.57. The molecule has 1 saturated carbocycles. The van der Waals surface area contributed by atoms with Crippen molar-refractivity contribution in [3.8, 4) is 0 Å². The first kappa shape index (κ1) is 19.0. The lowest BCUT2D eigenvalue weighted by Gasteiger charge is -2.18. The van der Waals surface area contributed by atoms with Gasteiger partial charge in [-0.15, -0.1) is 11.8 Å². The van der Waals surface area contributed by atoms with Crippen LogP contribution in [0, 0.1) is 0 Å². The van der Waals surface area contributed by atoms with Crippen LogP contribution in [0.2, 0.25) is 0 Å². The summed E-state index contributed by atoms with van der Waals surface area (Å²) in [7, 11) is 0. The molecule has 2 aromatic carbocycles. The van der Waals surface area contributed by atoms with Crippen molar-refractivity contribution in [1.82, 2.24) is 10.6 Å². The summed E-state index contributed by atoms with van der Waals surface area (Å²) in [4.78, 5) is 25.9. The van der Waals surface area contributed by atoms with Gasteiger partial charge in [-0.1, -0.05) is 46.3 Å².